The minimum absolute atomic E-state index is 0.690. The standard InChI is InChI=1S/C14H21N3/c1-2-8-15-13(3-1)6-7-14-16-9-12(10-17-14)11-4-5-11/h9-11,13,15H,1-8H2. The summed E-state index contributed by atoms with van der Waals surface area (Å²) in [6.07, 6.45) is 13.0. The highest BCUT2D eigenvalue weighted by molar-refractivity contribution is 5.17. The van der Waals surface area contributed by atoms with Gasteiger partial charge in [0.2, 0.25) is 0 Å². The van der Waals surface area contributed by atoms with Gasteiger partial charge in [-0.2, -0.15) is 0 Å². The van der Waals surface area contributed by atoms with Crippen molar-refractivity contribution in [3.8, 4) is 0 Å². The van der Waals surface area contributed by atoms with Crippen LogP contribution in [0.5, 0.6) is 0 Å². The molecule has 0 spiro atoms. The highest BCUT2D eigenvalue weighted by Crippen LogP contribution is 2.39. The fourth-order valence-corrected chi connectivity index (χ4v) is 2.60. The average Bonchev–Trinajstić information content (AvgIpc) is 3.23. The van der Waals surface area contributed by atoms with Crippen LogP contribution in [0.1, 0.15) is 55.8 Å². The molecule has 0 radical (unpaired) electrons. The van der Waals surface area contributed by atoms with Crippen LogP contribution in [0.25, 0.3) is 0 Å². The summed E-state index contributed by atoms with van der Waals surface area (Å²) in [7, 11) is 0. The van der Waals surface area contributed by atoms with Gasteiger partial charge in [0.25, 0.3) is 0 Å². The Hall–Kier alpha value is -0.960. The predicted octanol–water partition coefficient (Wildman–Crippen LogP) is 2.43. The molecule has 0 aromatic carbocycles. The van der Waals surface area contributed by atoms with Gasteiger partial charge < -0.3 is 5.32 Å². The molecule has 0 amide bonds. The Balaban J connectivity index is 1.50. The zero-order valence-corrected chi connectivity index (χ0v) is 10.4. The van der Waals surface area contributed by atoms with E-state index in [0.29, 0.717) is 6.04 Å². The van der Waals surface area contributed by atoms with Crippen molar-refractivity contribution >= 4 is 0 Å². The van der Waals surface area contributed by atoms with Crippen molar-refractivity contribution in [1.82, 2.24) is 15.3 Å². The molecule has 3 nitrogen and oxygen atoms in total. The summed E-state index contributed by atoms with van der Waals surface area (Å²) < 4.78 is 0. The summed E-state index contributed by atoms with van der Waals surface area (Å²) in [5, 5.41) is 3.57. The fraction of sp³-hybridized carbons (Fsp3) is 0.714. The molecular weight excluding hydrogens is 210 g/mol. The Morgan fingerprint density at radius 3 is 2.59 bits per heavy atom. The molecule has 3 rings (SSSR count). The minimum Gasteiger partial charge on any atom is -0.314 e. The second-order valence-corrected chi connectivity index (χ2v) is 5.39. The van der Waals surface area contributed by atoms with Crippen molar-refractivity contribution in [2.45, 2.75) is 56.9 Å². The number of piperidine rings is 1. The molecule has 2 aliphatic rings. The van der Waals surface area contributed by atoms with Gasteiger partial charge in [-0.1, -0.05) is 6.42 Å². The number of hydrogen-bond donors (Lipinski definition) is 1. The molecule has 1 saturated heterocycles. The van der Waals surface area contributed by atoms with E-state index >= 15 is 0 Å². The maximum atomic E-state index is 4.49. The van der Waals surface area contributed by atoms with Crippen molar-refractivity contribution in [2.24, 2.45) is 0 Å². The van der Waals surface area contributed by atoms with E-state index in [4.69, 9.17) is 0 Å². The van der Waals surface area contributed by atoms with Gasteiger partial charge in [0.1, 0.15) is 5.82 Å². The van der Waals surface area contributed by atoms with Crippen molar-refractivity contribution in [1.29, 1.82) is 0 Å². The fourth-order valence-electron chi connectivity index (χ4n) is 2.60. The number of rotatable bonds is 4. The Kier molecular flexibility index (Phi) is 3.36. The molecular formula is C14H21N3. The normalized spacial score (nSPS) is 24.8. The quantitative estimate of drug-likeness (QED) is 0.865. The summed E-state index contributed by atoms with van der Waals surface area (Å²) in [4.78, 5) is 8.97. The lowest BCUT2D eigenvalue weighted by Gasteiger charge is -2.22. The number of nitrogens with zero attached hydrogens (tertiary/aromatic N) is 2. The largest absolute Gasteiger partial charge is 0.314 e. The molecule has 1 aliphatic heterocycles. The molecule has 1 aliphatic carbocycles. The molecule has 3 heteroatoms. The first kappa shape index (κ1) is 11.1. The third kappa shape index (κ3) is 3.03. The van der Waals surface area contributed by atoms with E-state index in [0.717, 1.165) is 18.2 Å². The Labute approximate surface area is 103 Å². The molecule has 1 N–H and O–H groups in total. The second kappa shape index (κ2) is 5.13. The monoisotopic (exact) mass is 231 g/mol. The van der Waals surface area contributed by atoms with Gasteiger partial charge in [-0.05, 0) is 50.1 Å². The summed E-state index contributed by atoms with van der Waals surface area (Å²) in [6.45, 7) is 1.19. The van der Waals surface area contributed by atoms with Crippen LogP contribution < -0.4 is 5.32 Å². The zero-order valence-electron chi connectivity index (χ0n) is 10.4. The maximum Gasteiger partial charge on any atom is 0.128 e. The van der Waals surface area contributed by atoms with Crippen LogP contribution in [0.3, 0.4) is 0 Å². The van der Waals surface area contributed by atoms with E-state index in [9.17, 15) is 0 Å². The summed E-state index contributed by atoms with van der Waals surface area (Å²) >= 11 is 0. The van der Waals surface area contributed by atoms with Gasteiger partial charge in [-0.3, -0.25) is 0 Å². The first-order valence-corrected chi connectivity index (χ1v) is 6.96. The van der Waals surface area contributed by atoms with E-state index in [2.05, 4.69) is 15.3 Å². The first-order valence-electron chi connectivity index (χ1n) is 6.96. The highest BCUT2D eigenvalue weighted by atomic mass is 14.9. The van der Waals surface area contributed by atoms with Gasteiger partial charge in [0.05, 0.1) is 0 Å². The molecule has 92 valence electrons. The van der Waals surface area contributed by atoms with Crippen molar-refractivity contribution in [3.05, 3.63) is 23.8 Å². The lowest BCUT2D eigenvalue weighted by Crippen LogP contribution is -2.34. The third-order valence-electron chi connectivity index (χ3n) is 3.90. The molecule has 1 unspecified atom stereocenters. The third-order valence-corrected chi connectivity index (χ3v) is 3.90. The first-order chi connectivity index (χ1) is 8.42. The Morgan fingerprint density at radius 2 is 1.94 bits per heavy atom. The van der Waals surface area contributed by atoms with Gasteiger partial charge in [-0.15, -0.1) is 0 Å². The topological polar surface area (TPSA) is 37.8 Å². The summed E-state index contributed by atoms with van der Waals surface area (Å²) in [6, 6.07) is 0.690. The summed E-state index contributed by atoms with van der Waals surface area (Å²) in [5.74, 6) is 1.78. The Morgan fingerprint density at radius 1 is 1.12 bits per heavy atom. The molecule has 0 bridgehead atoms. The van der Waals surface area contributed by atoms with Gasteiger partial charge in [0.15, 0.2) is 0 Å². The van der Waals surface area contributed by atoms with E-state index in [-0.39, 0.29) is 0 Å². The lowest BCUT2D eigenvalue weighted by atomic mass is 10.0. The van der Waals surface area contributed by atoms with Crippen molar-refractivity contribution < 1.29 is 0 Å². The molecule has 17 heavy (non-hydrogen) atoms. The Bertz CT molecular complexity index is 350. The molecule has 1 aromatic heterocycles. The number of nitrogens with one attached hydrogen (secondary N) is 1. The lowest BCUT2D eigenvalue weighted by molar-refractivity contribution is 0.380. The van der Waals surface area contributed by atoms with Crippen LogP contribution in [0.4, 0.5) is 0 Å². The van der Waals surface area contributed by atoms with Crippen molar-refractivity contribution in [2.75, 3.05) is 6.54 Å². The van der Waals surface area contributed by atoms with E-state index in [1.165, 1.54) is 50.6 Å². The van der Waals surface area contributed by atoms with Crippen LogP contribution in [-0.2, 0) is 6.42 Å². The smallest absolute Gasteiger partial charge is 0.128 e. The molecule has 1 aromatic rings. The maximum absolute atomic E-state index is 4.49. The average molecular weight is 231 g/mol. The molecule has 1 saturated carbocycles. The van der Waals surface area contributed by atoms with Crippen LogP contribution in [-0.4, -0.2) is 22.6 Å². The van der Waals surface area contributed by atoms with E-state index in [1.807, 2.05) is 12.4 Å². The SMILES string of the molecule is c1nc(CCC2CCCCN2)ncc1C1CC1. The van der Waals surface area contributed by atoms with Crippen LogP contribution in [0.15, 0.2) is 12.4 Å². The van der Waals surface area contributed by atoms with Gasteiger partial charge >= 0.3 is 0 Å². The van der Waals surface area contributed by atoms with Crippen LogP contribution >= 0.6 is 0 Å². The predicted molar refractivity (Wildman–Crippen MR) is 68.0 cm³/mol. The van der Waals surface area contributed by atoms with Gasteiger partial charge in [-0.25, -0.2) is 9.97 Å². The number of aromatic nitrogens is 2. The number of hydrogen-bond acceptors (Lipinski definition) is 3. The zero-order chi connectivity index (χ0) is 11.5. The van der Waals surface area contributed by atoms with E-state index < -0.39 is 0 Å². The van der Waals surface area contributed by atoms with Crippen LogP contribution in [0.2, 0.25) is 0 Å². The number of aryl methyl sites for hydroxylation is 1. The van der Waals surface area contributed by atoms with Gasteiger partial charge in [0, 0.05) is 24.9 Å². The second-order valence-electron chi connectivity index (χ2n) is 5.39. The minimum atomic E-state index is 0.690. The van der Waals surface area contributed by atoms with Crippen molar-refractivity contribution in [3.63, 3.8) is 0 Å². The molecule has 2 heterocycles. The highest BCUT2D eigenvalue weighted by Gasteiger charge is 2.24. The van der Waals surface area contributed by atoms with E-state index in [1.54, 1.807) is 0 Å². The molecule has 2 fully saturated rings. The van der Waals surface area contributed by atoms with Crippen LogP contribution in [0, 0.1) is 0 Å². The summed E-state index contributed by atoms with van der Waals surface area (Å²) in [5.41, 5.74) is 1.34. The molecule has 1 atom stereocenters.